The number of hydrogen-bond acceptors (Lipinski definition) is 4. The molecule has 19 heavy (non-hydrogen) atoms. The molecule has 0 spiro atoms. The monoisotopic (exact) mass is 276 g/mol. The molecule has 0 unspecified atom stereocenters. The molecule has 0 aliphatic rings. The molecule has 2 aromatic rings. The number of anilines is 2. The van der Waals surface area contributed by atoms with E-state index in [1.54, 1.807) is 11.8 Å². The summed E-state index contributed by atoms with van der Waals surface area (Å²) in [6.45, 7) is 0.714. The van der Waals surface area contributed by atoms with Gasteiger partial charge in [0, 0.05) is 25.5 Å². The van der Waals surface area contributed by atoms with E-state index in [-0.39, 0.29) is 0 Å². The number of furan rings is 1. The lowest BCUT2D eigenvalue weighted by Crippen LogP contribution is -2.09. The van der Waals surface area contributed by atoms with E-state index >= 15 is 0 Å². The molecule has 0 aliphatic carbocycles. The normalized spacial score (nSPS) is 10.5. The third-order valence-electron chi connectivity index (χ3n) is 2.83. The van der Waals surface area contributed by atoms with Crippen molar-refractivity contribution >= 4 is 23.1 Å². The van der Waals surface area contributed by atoms with Crippen molar-refractivity contribution in [3.05, 3.63) is 47.9 Å². The molecule has 102 valence electrons. The van der Waals surface area contributed by atoms with E-state index < -0.39 is 0 Å². The maximum Gasteiger partial charge on any atom is 0.123 e. The summed E-state index contributed by atoms with van der Waals surface area (Å²) in [5.74, 6) is 2.93. The molecule has 0 saturated carbocycles. The van der Waals surface area contributed by atoms with Crippen molar-refractivity contribution in [2.24, 2.45) is 0 Å². The van der Waals surface area contributed by atoms with Gasteiger partial charge in [0.15, 0.2) is 0 Å². The summed E-state index contributed by atoms with van der Waals surface area (Å²) >= 11 is 1.77. The molecule has 0 amide bonds. The summed E-state index contributed by atoms with van der Waals surface area (Å²) in [4.78, 5) is 2.09. The fourth-order valence-corrected chi connectivity index (χ4v) is 2.26. The zero-order valence-electron chi connectivity index (χ0n) is 11.6. The molecule has 0 fully saturated rings. The fraction of sp³-hybridized carbons (Fsp3) is 0.333. The van der Waals surface area contributed by atoms with E-state index in [2.05, 4.69) is 40.7 Å². The third kappa shape index (κ3) is 3.96. The van der Waals surface area contributed by atoms with Crippen molar-refractivity contribution in [3.8, 4) is 0 Å². The van der Waals surface area contributed by atoms with Gasteiger partial charge < -0.3 is 14.6 Å². The van der Waals surface area contributed by atoms with Gasteiger partial charge in [0.05, 0.1) is 12.3 Å². The second kappa shape index (κ2) is 6.57. The lowest BCUT2D eigenvalue weighted by Gasteiger charge is -2.14. The van der Waals surface area contributed by atoms with Crippen molar-refractivity contribution in [2.45, 2.75) is 12.3 Å². The Morgan fingerprint density at radius 2 is 1.95 bits per heavy atom. The Bertz CT molecular complexity index is 522. The highest BCUT2D eigenvalue weighted by molar-refractivity contribution is 7.97. The third-order valence-corrected chi connectivity index (χ3v) is 3.41. The van der Waals surface area contributed by atoms with Gasteiger partial charge in [-0.3, -0.25) is 0 Å². The summed E-state index contributed by atoms with van der Waals surface area (Å²) in [6, 6.07) is 12.4. The van der Waals surface area contributed by atoms with E-state index in [0.29, 0.717) is 6.54 Å². The Kier molecular flexibility index (Phi) is 4.80. The average molecular weight is 276 g/mol. The summed E-state index contributed by atoms with van der Waals surface area (Å²) in [5.41, 5.74) is 2.29. The maximum atomic E-state index is 5.73. The SMILES string of the molecule is CSCc1ccc(CNc2cccc(N(C)C)c2)o1. The molecule has 1 N–H and O–H groups in total. The highest BCUT2D eigenvalue weighted by atomic mass is 32.2. The molecule has 3 nitrogen and oxygen atoms in total. The van der Waals surface area contributed by atoms with Crippen LogP contribution >= 0.6 is 11.8 Å². The van der Waals surface area contributed by atoms with Crippen LogP contribution in [0.4, 0.5) is 11.4 Å². The van der Waals surface area contributed by atoms with Crippen LogP contribution in [0.25, 0.3) is 0 Å². The van der Waals surface area contributed by atoms with Crippen LogP contribution in [-0.4, -0.2) is 20.4 Å². The predicted octanol–water partition coefficient (Wildman–Crippen LogP) is 3.82. The lowest BCUT2D eigenvalue weighted by atomic mass is 10.2. The minimum absolute atomic E-state index is 0.714. The second-order valence-electron chi connectivity index (χ2n) is 4.60. The largest absolute Gasteiger partial charge is 0.463 e. The number of thioether (sulfide) groups is 1. The molecule has 0 saturated heterocycles. The van der Waals surface area contributed by atoms with Crippen LogP contribution in [0.15, 0.2) is 40.8 Å². The minimum atomic E-state index is 0.714. The first-order chi connectivity index (χ1) is 9.19. The molecule has 1 aromatic heterocycles. The molecule has 2 rings (SSSR count). The molecule has 0 aliphatic heterocycles. The average Bonchev–Trinajstić information content (AvgIpc) is 2.85. The number of hydrogen-bond donors (Lipinski definition) is 1. The zero-order valence-corrected chi connectivity index (χ0v) is 12.5. The molecule has 1 heterocycles. The summed E-state index contributed by atoms with van der Waals surface area (Å²) < 4.78 is 5.73. The van der Waals surface area contributed by atoms with Gasteiger partial charge in [-0.1, -0.05) is 6.07 Å². The van der Waals surface area contributed by atoms with Crippen molar-refractivity contribution in [1.82, 2.24) is 0 Å². The molecular weight excluding hydrogens is 256 g/mol. The van der Waals surface area contributed by atoms with E-state index in [0.717, 1.165) is 23.0 Å². The van der Waals surface area contributed by atoms with E-state index in [9.17, 15) is 0 Å². The Morgan fingerprint density at radius 3 is 2.68 bits per heavy atom. The quantitative estimate of drug-likeness (QED) is 0.868. The fourth-order valence-electron chi connectivity index (χ4n) is 1.82. The number of benzene rings is 1. The Balaban J connectivity index is 1.95. The van der Waals surface area contributed by atoms with Crippen molar-refractivity contribution in [1.29, 1.82) is 0 Å². The van der Waals surface area contributed by atoms with Gasteiger partial charge in [-0.15, -0.1) is 0 Å². The van der Waals surface area contributed by atoms with E-state index in [1.807, 2.05) is 26.2 Å². The van der Waals surface area contributed by atoms with Gasteiger partial charge in [-0.2, -0.15) is 11.8 Å². The van der Waals surface area contributed by atoms with E-state index in [4.69, 9.17) is 4.42 Å². The lowest BCUT2D eigenvalue weighted by molar-refractivity contribution is 0.487. The first-order valence-electron chi connectivity index (χ1n) is 6.27. The van der Waals surface area contributed by atoms with Gasteiger partial charge in [0.25, 0.3) is 0 Å². The number of nitrogens with zero attached hydrogens (tertiary/aromatic N) is 1. The smallest absolute Gasteiger partial charge is 0.123 e. The standard InChI is InChI=1S/C15H20N2OS/c1-17(2)13-6-4-5-12(9-13)16-10-14-7-8-15(18-14)11-19-3/h4-9,16H,10-11H2,1-3H3. The van der Waals surface area contributed by atoms with Crippen molar-refractivity contribution in [3.63, 3.8) is 0 Å². The zero-order chi connectivity index (χ0) is 13.7. The van der Waals surface area contributed by atoms with Gasteiger partial charge >= 0.3 is 0 Å². The highest BCUT2D eigenvalue weighted by Gasteiger charge is 2.02. The van der Waals surface area contributed by atoms with E-state index in [1.165, 1.54) is 5.69 Å². The Hall–Kier alpha value is -1.55. The van der Waals surface area contributed by atoms with Crippen molar-refractivity contribution in [2.75, 3.05) is 30.6 Å². The number of rotatable bonds is 6. The minimum Gasteiger partial charge on any atom is -0.463 e. The van der Waals surface area contributed by atoms with Gasteiger partial charge in [0.1, 0.15) is 11.5 Å². The van der Waals surface area contributed by atoms with Crippen LogP contribution in [0.3, 0.4) is 0 Å². The summed E-state index contributed by atoms with van der Waals surface area (Å²) in [5, 5.41) is 3.38. The Labute approximate surface area is 119 Å². The van der Waals surface area contributed by atoms with Gasteiger partial charge in [0.2, 0.25) is 0 Å². The first kappa shape index (κ1) is 13.9. The Morgan fingerprint density at radius 1 is 1.16 bits per heavy atom. The highest BCUT2D eigenvalue weighted by Crippen LogP contribution is 2.19. The summed E-state index contributed by atoms with van der Waals surface area (Å²) in [6.07, 6.45) is 2.08. The summed E-state index contributed by atoms with van der Waals surface area (Å²) in [7, 11) is 4.08. The van der Waals surface area contributed by atoms with Crippen LogP contribution in [0, 0.1) is 0 Å². The maximum absolute atomic E-state index is 5.73. The van der Waals surface area contributed by atoms with Crippen LogP contribution in [-0.2, 0) is 12.3 Å². The van der Waals surface area contributed by atoms with Crippen molar-refractivity contribution < 1.29 is 4.42 Å². The molecule has 0 bridgehead atoms. The molecule has 4 heteroatoms. The molecule has 0 atom stereocenters. The van der Waals surface area contributed by atoms with Crippen LogP contribution in [0.1, 0.15) is 11.5 Å². The van der Waals surface area contributed by atoms with Crippen LogP contribution in [0.2, 0.25) is 0 Å². The first-order valence-corrected chi connectivity index (χ1v) is 7.66. The van der Waals surface area contributed by atoms with Gasteiger partial charge in [-0.25, -0.2) is 0 Å². The van der Waals surface area contributed by atoms with Crippen LogP contribution in [0.5, 0.6) is 0 Å². The molecule has 0 radical (unpaired) electrons. The van der Waals surface area contributed by atoms with Crippen LogP contribution < -0.4 is 10.2 Å². The number of nitrogens with one attached hydrogen (secondary N) is 1. The topological polar surface area (TPSA) is 28.4 Å². The molecule has 1 aromatic carbocycles. The predicted molar refractivity (Wildman–Crippen MR) is 84.0 cm³/mol. The molecular formula is C15H20N2OS. The second-order valence-corrected chi connectivity index (χ2v) is 5.47. The van der Waals surface area contributed by atoms with Gasteiger partial charge in [-0.05, 0) is 36.6 Å².